The molecule has 8 nitrogen and oxygen atoms in total. The summed E-state index contributed by atoms with van der Waals surface area (Å²) < 4.78 is 37.3. The van der Waals surface area contributed by atoms with Gasteiger partial charge in [0.2, 0.25) is 17.8 Å². The number of aromatic nitrogens is 2. The minimum atomic E-state index is -4.46. The molecule has 0 radical (unpaired) electrons. The molecule has 1 saturated heterocycles. The Balaban J connectivity index is 1.53. The molecule has 28 heavy (non-hydrogen) atoms. The predicted molar refractivity (Wildman–Crippen MR) is 97.1 cm³/mol. The largest absolute Gasteiger partial charge is 0.412 e. The number of nitrogens with one attached hydrogen (secondary N) is 2. The quantitative estimate of drug-likeness (QED) is 0.734. The maximum Gasteiger partial charge on any atom is 0.412 e. The van der Waals surface area contributed by atoms with Crippen molar-refractivity contribution in [3.05, 3.63) is 17.8 Å². The third kappa shape index (κ3) is 4.18. The van der Waals surface area contributed by atoms with Gasteiger partial charge in [-0.25, -0.2) is 4.98 Å². The van der Waals surface area contributed by atoms with Crippen LogP contribution in [0.4, 0.5) is 30.6 Å². The standard InChI is InChI=1S/C17H21F3N6O2/c1-9(17(18,19)20)4-5-13(28)26-6-11(7-26)22-16-21-10(2)14-15(24-16)25(3)8-12(27)23-14/h11H,1,4-8H2,2-3H3,(H,23,27)(H,21,22,24). The number of aryl methyl sites for hydroxylation is 1. The number of rotatable bonds is 5. The molecule has 11 heteroatoms. The van der Waals surface area contributed by atoms with E-state index in [0.29, 0.717) is 36.2 Å². The van der Waals surface area contributed by atoms with E-state index in [0.717, 1.165) is 0 Å². The van der Waals surface area contributed by atoms with E-state index in [1.54, 1.807) is 18.9 Å². The van der Waals surface area contributed by atoms with Gasteiger partial charge in [0.15, 0.2) is 5.82 Å². The van der Waals surface area contributed by atoms with Crippen LogP contribution in [0.1, 0.15) is 18.5 Å². The fraction of sp³-hybridized carbons (Fsp3) is 0.529. The molecule has 0 unspecified atom stereocenters. The lowest BCUT2D eigenvalue weighted by Crippen LogP contribution is -2.57. The number of amides is 2. The summed E-state index contributed by atoms with van der Waals surface area (Å²) in [5.41, 5.74) is 0.287. The fourth-order valence-electron chi connectivity index (χ4n) is 3.03. The highest BCUT2D eigenvalue weighted by Crippen LogP contribution is 2.30. The molecule has 3 rings (SSSR count). The first-order valence-electron chi connectivity index (χ1n) is 8.73. The fourth-order valence-corrected chi connectivity index (χ4v) is 3.03. The molecule has 1 aromatic heterocycles. The molecular weight excluding hydrogens is 377 g/mol. The molecule has 1 aromatic rings. The van der Waals surface area contributed by atoms with E-state index in [9.17, 15) is 22.8 Å². The molecule has 2 amide bonds. The number of halogens is 3. The van der Waals surface area contributed by atoms with E-state index in [1.165, 1.54) is 4.90 Å². The van der Waals surface area contributed by atoms with Crippen molar-refractivity contribution in [1.29, 1.82) is 0 Å². The highest BCUT2D eigenvalue weighted by atomic mass is 19.4. The average Bonchev–Trinajstić information content (AvgIpc) is 2.55. The maximum atomic E-state index is 12.4. The van der Waals surface area contributed by atoms with E-state index < -0.39 is 18.2 Å². The third-order valence-corrected chi connectivity index (χ3v) is 4.69. The normalized spacial score (nSPS) is 17.0. The number of carbonyl (C=O) groups excluding carboxylic acids is 2. The first-order chi connectivity index (χ1) is 13.0. The van der Waals surface area contributed by atoms with Crippen molar-refractivity contribution in [2.24, 2.45) is 0 Å². The summed E-state index contributed by atoms with van der Waals surface area (Å²) in [4.78, 5) is 35.6. The number of likely N-dealkylation sites (N-methyl/N-ethyl adjacent to an activating group) is 1. The lowest BCUT2D eigenvalue weighted by Gasteiger charge is -2.40. The van der Waals surface area contributed by atoms with E-state index in [-0.39, 0.29) is 30.8 Å². The van der Waals surface area contributed by atoms with Gasteiger partial charge in [0, 0.05) is 32.1 Å². The van der Waals surface area contributed by atoms with Gasteiger partial charge in [-0.1, -0.05) is 6.58 Å². The van der Waals surface area contributed by atoms with E-state index in [4.69, 9.17) is 0 Å². The number of nitrogens with zero attached hydrogens (tertiary/aromatic N) is 4. The van der Waals surface area contributed by atoms with E-state index >= 15 is 0 Å². The number of hydrogen-bond donors (Lipinski definition) is 2. The molecule has 0 bridgehead atoms. The van der Waals surface area contributed by atoms with Gasteiger partial charge in [0.25, 0.3) is 0 Å². The van der Waals surface area contributed by atoms with Gasteiger partial charge in [-0.3, -0.25) is 9.59 Å². The van der Waals surface area contributed by atoms with Crippen LogP contribution in [0.2, 0.25) is 0 Å². The van der Waals surface area contributed by atoms with Crippen LogP contribution in [0.15, 0.2) is 12.2 Å². The Bertz CT molecular complexity index is 820. The second-order valence-corrected chi connectivity index (χ2v) is 6.98. The zero-order valence-electron chi connectivity index (χ0n) is 15.6. The third-order valence-electron chi connectivity index (χ3n) is 4.69. The molecule has 2 aliphatic rings. The molecular formula is C17H21F3N6O2. The van der Waals surface area contributed by atoms with Crippen LogP contribution in [0, 0.1) is 6.92 Å². The van der Waals surface area contributed by atoms with Crippen molar-refractivity contribution in [1.82, 2.24) is 14.9 Å². The number of likely N-dealkylation sites (tertiary alicyclic amines) is 1. The lowest BCUT2D eigenvalue weighted by atomic mass is 10.1. The van der Waals surface area contributed by atoms with Crippen molar-refractivity contribution in [2.75, 3.05) is 42.2 Å². The summed E-state index contributed by atoms with van der Waals surface area (Å²) in [6.45, 7) is 5.65. The maximum absolute atomic E-state index is 12.4. The molecule has 1 fully saturated rings. The predicted octanol–water partition coefficient (Wildman–Crippen LogP) is 1.69. The topological polar surface area (TPSA) is 90.5 Å². The molecule has 0 aromatic carbocycles. The van der Waals surface area contributed by atoms with Crippen LogP contribution in [-0.4, -0.2) is 65.6 Å². The van der Waals surface area contributed by atoms with Gasteiger partial charge in [-0.15, -0.1) is 0 Å². The van der Waals surface area contributed by atoms with Gasteiger partial charge >= 0.3 is 6.18 Å². The molecule has 2 aliphatic heterocycles. The monoisotopic (exact) mass is 398 g/mol. The molecule has 152 valence electrons. The van der Waals surface area contributed by atoms with Crippen LogP contribution in [-0.2, 0) is 9.59 Å². The van der Waals surface area contributed by atoms with Crippen molar-refractivity contribution in [3.8, 4) is 0 Å². The van der Waals surface area contributed by atoms with Gasteiger partial charge < -0.3 is 20.4 Å². The van der Waals surface area contributed by atoms with Crippen LogP contribution in [0.25, 0.3) is 0 Å². The Morgan fingerprint density at radius 2 is 2.00 bits per heavy atom. The minimum absolute atomic E-state index is 0.0873. The molecule has 0 saturated carbocycles. The Hall–Kier alpha value is -2.85. The Kier molecular flexibility index (Phi) is 5.18. The van der Waals surface area contributed by atoms with Gasteiger partial charge in [-0.2, -0.15) is 18.2 Å². The zero-order valence-corrected chi connectivity index (χ0v) is 15.6. The first kappa shape index (κ1) is 19.9. The van der Waals surface area contributed by atoms with Crippen LogP contribution in [0.5, 0.6) is 0 Å². The molecule has 3 heterocycles. The van der Waals surface area contributed by atoms with Crippen LogP contribution in [0.3, 0.4) is 0 Å². The number of hydrogen-bond acceptors (Lipinski definition) is 6. The molecule has 0 aliphatic carbocycles. The summed E-state index contributed by atoms with van der Waals surface area (Å²) in [6, 6.07) is -0.0873. The average molecular weight is 398 g/mol. The van der Waals surface area contributed by atoms with Crippen LogP contribution >= 0.6 is 0 Å². The Morgan fingerprint density at radius 3 is 2.64 bits per heavy atom. The van der Waals surface area contributed by atoms with Crippen molar-refractivity contribution < 1.29 is 22.8 Å². The Labute approximate surface area is 159 Å². The SMILES string of the molecule is C=C(CCC(=O)N1CC(Nc2nc(C)c3c(n2)N(C)CC(=O)N3)C1)C(F)(F)F. The summed E-state index contributed by atoms with van der Waals surface area (Å²) in [7, 11) is 1.76. The molecule has 0 spiro atoms. The van der Waals surface area contributed by atoms with Crippen molar-refractivity contribution >= 4 is 29.3 Å². The zero-order chi connectivity index (χ0) is 20.6. The molecule has 2 N–H and O–H groups in total. The smallest absolute Gasteiger partial charge is 0.348 e. The van der Waals surface area contributed by atoms with Gasteiger partial charge in [0.05, 0.1) is 18.3 Å². The highest BCUT2D eigenvalue weighted by molar-refractivity contribution is 6.00. The van der Waals surface area contributed by atoms with Gasteiger partial charge in [0.1, 0.15) is 5.69 Å². The van der Waals surface area contributed by atoms with E-state index in [1.807, 2.05) is 0 Å². The lowest BCUT2D eigenvalue weighted by molar-refractivity contribution is -0.135. The minimum Gasteiger partial charge on any atom is -0.348 e. The molecule has 0 atom stereocenters. The number of carbonyl (C=O) groups is 2. The number of anilines is 3. The van der Waals surface area contributed by atoms with Crippen molar-refractivity contribution in [3.63, 3.8) is 0 Å². The summed E-state index contributed by atoms with van der Waals surface area (Å²) >= 11 is 0. The number of alkyl halides is 3. The first-order valence-corrected chi connectivity index (χ1v) is 8.73. The summed E-state index contributed by atoms with van der Waals surface area (Å²) in [5, 5.41) is 5.87. The summed E-state index contributed by atoms with van der Waals surface area (Å²) in [5.74, 6) is 0.506. The van der Waals surface area contributed by atoms with Crippen LogP contribution < -0.4 is 15.5 Å². The highest BCUT2D eigenvalue weighted by Gasteiger charge is 2.35. The number of fused-ring (bicyclic) bond motifs is 1. The Morgan fingerprint density at radius 1 is 1.32 bits per heavy atom. The number of allylic oxidation sites excluding steroid dienone is 1. The second kappa shape index (κ2) is 7.28. The van der Waals surface area contributed by atoms with Crippen molar-refractivity contribution in [2.45, 2.75) is 32.0 Å². The van der Waals surface area contributed by atoms with Gasteiger partial charge in [-0.05, 0) is 13.3 Å². The summed E-state index contributed by atoms with van der Waals surface area (Å²) in [6.07, 6.45) is -5.08. The second-order valence-electron chi connectivity index (χ2n) is 6.98. The van der Waals surface area contributed by atoms with E-state index in [2.05, 4.69) is 27.2 Å².